The highest BCUT2D eigenvalue weighted by molar-refractivity contribution is 9.10. The van der Waals surface area contributed by atoms with Crippen LogP contribution >= 0.6 is 15.9 Å². The first kappa shape index (κ1) is 15.8. The van der Waals surface area contributed by atoms with E-state index in [4.69, 9.17) is 4.74 Å². The molecule has 0 spiro atoms. The van der Waals surface area contributed by atoms with E-state index in [0.717, 1.165) is 18.5 Å². The van der Waals surface area contributed by atoms with E-state index in [9.17, 15) is 8.42 Å². The SMILES string of the molecule is CCCc1cc(NS(=O)(=O)c2cc(Br)ccc2OC)n[nH]1. The number of aromatic nitrogens is 2. The number of aryl methyl sites for hydroxylation is 1. The summed E-state index contributed by atoms with van der Waals surface area (Å²) in [7, 11) is -2.34. The number of nitrogens with one attached hydrogen (secondary N) is 2. The van der Waals surface area contributed by atoms with Gasteiger partial charge in [0.1, 0.15) is 10.6 Å². The van der Waals surface area contributed by atoms with Crippen LogP contribution in [0.4, 0.5) is 5.82 Å². The second kappa shape index (κ2) is 6.48. The second-order valence-corrected chi connectivity index (χ2v) is 7.00. The number of halogens is 1. The maximum Gasteiger partial charge on any atom is 0.266 e. The van der Waals surface area contributed by atoms with Gasteiger partial charge in [-0.25, -0.2) is 8.42 Å². The lowest BCUT2D eigenvalue weighted by molar-refractivity contribution is 0.403. The first-order chi connectivity index (χ1) is 9.96. The smallest absolute Gasteiger partial charge is 0.266 e. The van der Waals surface area contributed by atoms with Gasteiger partial charge in [0.05, 0.1) is 7.11 Å². The molecule has 21 heavy (non-hydrogen) atoms. The van der Waals surface area contributed by atoms with Crippen molar-refractivity contribution < 1.29 is 13.2 Å². The fraction of sp³-hybridized carbons (Fsp3) is 0.308. The van der Waals surface area contributed by atoms with Crippen LogP contribution in [0.5, 0.6) is 5.75 Å². The maximum atomic E-state index is 12.4. The number of hydrogen-bond donors (Lipinski definition) is 2. The molecular formula is C13H16BrN3O3S. The highest BCUT2D eigenvalue weighted by Gasteiger charge is 2.21. The van der Waals surface area contributed by atoms with Crippen molar-refractivity contribution >= 4 is 31.8 Å². The van der Waals surface area contributed by atoms with Crippen LogP contribution in [0.3, 0.4) is 0 Å². The molecule has 1 aromatic carbocycles. The molecule has 1 heterocycles. The third-order valence-corrected chi connectivity index (χ3v) is 4.67. The number of benzene rings is 1. The van der Waals surface area contributed by atoms with Crippen LogP contribution in [0.1, 0.15) is 19.0 Å². The first-order valence-corrected chi connectivity index (χ1v) is 8.64. The molecule has 0 saturated carbocycles. The van der Waals surface area contributed by atoms with Gasteiger partial charge in [0.25, 0.3) is 10.0 Å². The number of ether oxygens (including phenoxy) is 1. The van der Waals surface area contributed by atoms with Crippen molar-refractivity contribution in [3.63, 3.8) is 0 Å². The van der Waals surface area contributed by atoms with Crippen LogP contribution in [0.15, 0.2) is 33.6 Å². The quantitative estimate of drug-likeness (QED) is 0.814. The van der Waals surface area contributed by atoms with E-state index in [2.05, 4.69) is 30.8 Å². The van der Waals surface area contributed by atoms with Crippen molar-refractivity contribution in [1.82, 2.24) is 10.2 Å². The van der Waals surface area contributed by atoms with Gasteiger partial charge in [-0.15, -0.1) is 0 Å². The summed E-state index contributed by atoms with van der Waals surface area (Å²) in [4.78, 5) is 0.0550. The monoisotopic (exact) mass is 373 g/mol. The number of sulfonamides is 1. The van der Waals surface area contributed by atoms with Crippen molar-refractivity contribution in [3.8, 4) is 5.75 Å². The lowest BCUT2D eigenvalue weighted by Crippen LogP contribution is -2.14. The fourth-order valence-electron chi connectivity index (χ4n) is 1.86. The molecule has 0 bridgehead atoms. The Labute approximate surface area is 132 Å². The lowest BCUT2D eigenvalue weighted by Gasteiger charge is -2.10. The van der Waals surface area contributed by atoms with E-state index >= 15 is 0 Å². The van der Waals surface area contributed by atoms with Gasteiger partial charge in [-0.1, -0.05) is 29.3 Å². The zero-order valence-corrected chi connectivity index (χ0v) is 14.1. The molecule has 8 heteroatoms. The molecule has 0 aliphatic rings. The molecule has 2 aromatic rings. The topological polar surface area (TPSA) is 84.1 Å². The van der Waals surface area contributed by atoms with Crippen molar-refractivity contribution in [3.05, 3.63) is 34.4 Å². The third-order valence-electron chi connectivity index (χ3n) is 2.80. The van der Waals surface area contributed by atoms with E-state index in [1.807, 2.05) is 6.92 Å². The fourth-order valence-corrected chi connectivity index (χ4v) is 3.57. The van der Waals surface area contributed by atoms with Crippen LogP contribution in [0.25, 0.3) is 0 Å². The molecule has 2 rings (SSSR count). The molecule has 0 atom stereocenters. The Balaban J connectivity index is 2.31. The van der Waals surface area contributed by atoms with Crippen molar-refractivity contribution in [2.24, 2.45) is 0 Å². The van der Waals surface area contributed by atoms with Crippen molar-refractivity contribution in [2.45, 2.75) is 24.7 Å². The Morgan fingerprint density at radius 2 is 2.14 bits per heavy atom. The van der Waals surface area contributed by atoms with E-state index in [-0.39, 0.29) is 16.5 Å². The van der Waals surface area contributed by atoms with Gasteiger partial charge in [-0.05, 0) is 24.6 Å². The average molecular weight is 374 g/mol. The minimum Gasteiger partial charge on any atom is -0.495 e. The summed E-state index contributed by atoms with van der Waals surface area (Å²) in [6, 6.07) is 6.48. The molecule has 6 nitrogen and oxygen atoms in total. The van der Waals surface area contributed by atoms with E-state index in [1.165, 1.54) is 13.2 Å². The number of nitrogens with zero attached hydrogens (tertiary/aromatic N) is 1. The molecule has 0 unspecified atom stereocenters. The summed E-state index contributed by atoms with van der Waals surface area (Å²) in [5.41, 5.74) is 0.886. The Hall–Kier alpha value is -1.54. The predicted molar refractivity (Wildman–Crippen MR) is 84.1 cm³/mol. The van der Waals surface area contributed by atoms with Gasteiger partial charge in [0, 0.05) is 16.2 Å². The van der Waals surface area contributed by atoms with Crippen LogP contribution in [-0.2, 0) is 16.4 Å². The van der Waals surface area contributed by atoms with Gasteiger partial charge in [-0.3, -0.25) is 9.82 Å². The third kappa shape index (κ3) is 3.76. The summed E-state index contributed by atoms with van der Waals surface area (Å²) < 4.78 is 33.1. The van der Waals surface area contributed by atoms with Gasteiger partial charge < -0.3 is 4.74 Å². The van der Waals surface area contributed by atoms with E-state index in [1.54, 1.807) is 18.2 Å². The molecule has 1 aromatic heterocycles. The standard InChI is InChI=1S/C13H16BrN3O3S/c1-3-4-10-8-13(16-15-10)17-21(18,19)12-7-9(14)5-6-11(12)20-2/h5-8H,3-4H2,1-2H3,(H2,15,16,17). The molecule has 0 aliphatic carbocycles. The van der Waals surface area contributed by atoms with Gasteiger partial charge >= 0.3 is 0 Å². The highest BCUT2D eigenvalue weighted by atomic mass is 79.9. The molecule has 2 N–H and O–H groups in total. The largest absolute Gasteiger partial charge is 0.495 e. The van der Waals surface area contributed by atoms with Crippen molar-refractivity contribution in [1.29, 1.82) is 0 Å². The van der Waals surface area contributed by atoms with Gasteiger partial charge in [0.2, 0.25) is 0 Å². The number of aromatic amines is 1. The Kier molecular flexibility index (Phi) is 4.89. The molecule has 0 radical (unpaired) electrons. The molecule has 0 saturated heterocycles. The summed E-state index contributed by atoms with van der Waals surface area (Å²) >= 11 is 3.26. The highest BCUT2D eigenvalue weighted by Crippen LogP contribution is 2.28. The molecule has 114 valence electrons. The minimum absolute atomic E-state index is 0.0550. The maximum absolute atomic E-state index is 12.4. The molecule has 0 amide bonds. The average Bonchev–Trinajstić information content (AvgIpc) is 2.86. The van der Waals surface area contributed by atoms with Crippen LogP contribution < -0.4 is 9.46 Å². The predicted octanol–water partition coefficient (Wildman–Crippen LogP) is 2.93. The normalized spacial score (nSPS) is 11.4. The van der Waals surface area contributed by atoms with Gasteiger partial charge in [0.15, 0.2) is 5.82 Å². The second-order valence-electron chi connectivity index (χ2n) is 4.43. The number of H-pyrrole nitrogens is 1. The number of rotatable bonds is 6. The zero-order valence-electron chi connectivity index (χ0n) is 11.7. The Morgan fingerprint density at radius 1 is 1.38 bits per heavy atom. The van der Waals surface area contributed by atoms with E-state index in [0.29, 0.717) is 4.47 Å². The zero-order chi connectivity index (χ0) is 15.5. The molecule has 0 aliphatic heterocycles. The Morgan fingerprint density at radius 3 is 2.81 bits per heavy atom. The van der Waals surface area contributed by atoms with Gasteiger partial charge in [-0.2, -0.15) is 5.10 Å². The van der Waals surface area contributed by atoms with Crippen LogP contribution in [0, 0.1) is 0 Å². The number of anilines is 1. The summed E-state index contributed by atoms with van der Waals surface area (Å²) in [6.07, 6.45) is 1.77. The first-order valence-electron chi connectivity index (χ1n) is 6.37. The lowest BCUT2D eigenvalue weighted by atomic mass is 10.2. The van der Waals surface area contributed by atoms with Crippen molar-refractivity contribution in [2.75, 3.05) is 11.8 Å². The Bertz CT molecular complexity index is 728. The summed E-state index contributed by atoms with van der Waals surface area (Å²) in [5, 5.41) is 6.76. The number of methoxy groups -OCH3 is 1. The summed E-state index contributed by atoms with van der Waals surface area (Å²) in [6.45, 7) is 2.04. The summed E-state index contributed by atoms with van der Waals surface area (Å²) in [5.74, 6) is 0.537. The molecule has 0 fully saturated rings. The van der Waals surface area contributed by atoms with E-state index < -0.39 is 10.0 Å². The molecular weight excluding hydrogens is 358 g/mol. The van der Waals surface area contributed by atoms with Crippen LogP contribution in [-0.4, -0.2) is 25.7 Å². The minimum atomic E-state index is -3.77. The number of hydrogen-bond acceptors (Lipinski definition) is 4. The van der Waals surface area contributed by atoms with Crippen LogP contribution in [0.2, 0.25) is 0 Å².